The second-order valence-corrected chi connectivity index (χ2v) is 5.05. The van der Waals surface area contributed by atoms with Gasteiger partial charge in [-0.3, -0.25) is 4.79 Å². The summed E-state index contributed by atoms with van der Waals surface area (Å²) in [7, 11) is 1.28. The van der Waals surface area contributed by atoms with Crippen molar-refractivity contribution in [2.45, 2.75) is 26.3 Å². The van der Waals surface area contributed by atoms with Crippen LogP contribution in [0.4, 0.5) is 0 Å². The Labute approximate surface area is 97.8 Å². The van der Waals surface area contributed by atoms with Crippen LogP contribution in [0.1, 0.15) is 28.5 Å². The van der Waals surface area contributed by atoms with Gasteiger partial charge >= 0.3 is 5.97 Å². The molecule has 5 nitrogen and oxygen atoms in total. The number of rotatable bonds is 3. The minimum absolute atomic E-state index is 0.319. The third-order valence-corrected chi connectivity index (χ3v) is 2.88. The molecule has 0 aliphatic rings. The van der Waals surface area contributed by atoms with Gasteiger partial charge in [-0.1, -0.05) is 0 Å². The number of nitrogens with one attached hydrogen (secondary N) is 1. The Bertz CT molecular complexity index is 412. The Balaban J connectivity index is 2.75. The van der Waals surface area contributed by atoms with Gasteiger partial charge in [0.2, 0.25) is 0 Å². The summed E-state index contributed by atoms with van der Waals surface area (Å²) >= 11 is 1.28. The van der Waals surface area contributed by atoms with Crippen LogP contribution in [0.15, 0.2) is 6.20 Å². The van der Waals surface area contributed by atoms with E-state index in [1.54, 1.807) is 13.8 Å². The van der Waals surface area contributed by atoms with Crippen LogP contribution in [-0.2, 0) is 9.53 Å². The van der Waals surface area contributed by atoms with Gasteiger partial charge < -0.3 is 10.1 Å². The van der Waals surface area contributed by atoms with Gasteiger partial charge in [-0.25, -0.2) is 9.78 Å². The van der Waals surface area contributed by atoms with Gasteiger partial charge in [0.1, 0.15) is 10.4 Å². The number of hydrogen-bond donors (Lipinski definition) is 1. The molecule has 1 rings (SSSR count). The SMILES string of the molecule is COC(=O)C(C)(C)NC(=O)c1cnc(C)s1. The summed E-state index contributed by atoms with van der Waals surface area (Å²) in [6.07, 6.45) is 1.49. The van der Waals surface area contributed by atoms with E-state index < -0.39 is 11.5 Å². The van der Waals surface area contributed by atoms with Crippen molar-refractivity contribution in [3.63, 3.8) is 0 Å². The number of methoxy groups -OCH3 is 1. The Morgan fingerprint density at radius 1 is 1.50 bits per heavy atom. The standard InChI is InChI=1S/C10H14N2O3S/c1-6-11-5-7(16-6)8(13)12-10(2,3)9(14)15-4/h5H,1-4H3,(H,12,13). The quantitative estimate of drug-likeness (QED) is 0.807. The van der Waals surface area contributed by atoms with Crippen molar-refractivity contribution in [3.05, 3.63) is 16.1 Å². The van der Waals surface area contributed by atoms with Crippen molar-refractivity contribution in [1.29, 1.82) is 0 Å². The van der Waals surface area contributed by atoms with Crippen LogP contribution >= 0.6 is 11.3 Å². The fourth-order valence-electron chi connectivity index (χ4n) is 1.12. The summed E-state index contributed by atoms with van der Waals surface area (Å²) in [6, 6.07) is 0. The lowest BCUT2D eigenvalue weighted by atomic mass is 10.1. The number of nitrogens with zero attached hydrogens (tertiary/aromatic N) is 1. The number of aromatic nitrogens is 1. The van der Waals surface area contributed by atoms with Gasteiger partial charge in [0.25, 0.3) is 5.91 Å². The number of carbonyl (C=O) groups is 2. The molecule has 1 heterocycles. The topological polar surface area (TPSA) is 68.3 Å². The van der Waals surface area contributed by atoms with Crippen molar-refractivity contribution >= 4 is 23.2 Å². The van der Waals surface area contributed by atoms with Crippen LogP contribution in [0.3, 0.4) is 0 Å². The third kappa shape index (κ3) is 2.79. The van der Waals surface area contributed by atoms with Crippen molar-refractivity contribution in [3.8, 4) is 0 Å². The fraction of sp³-hybridized carbons (Fsp3) is 0.500. The molecule has 0 spiro atoms. The van der Waals surface area contributed by atoms with Gasteiger partial charge in [-0.05, 0) is 20.8 Å². The van der Waals surface area contributed by atoms with E-state index in [0.29, 0.717) is 4.88 Å². The van der Waals surface area contributed by atoms with Crippen molar-refractivity contribution in [2.75, 3.05) is 7.11 Å². The van der Waals surface area contributed by atoms with Crippen LogP contribution < -0.4 is 5.32 Å². The molecule has 0 fully saturated rings. The summed E-state index contributed by atoms with van der Waals surface area (Å²) in [5, 5.41) is 3.40. The fourth-order valence-corrected chi connectivity index (χ4v) is 1.79. The number of ether oxygens (including phenoxy) is 1. The first-order valence-electron chi connectivity index (χ1n) is 4.70. The van der Waals surface area contributed by atoms with E-state index in [0.717, 1.165) is 5.01 Å². The lowest BCUT2D eigenvalue weighted by Gasteiger charge is -2.22. The number of amides is 1. The van der Waals surface area contributed by atoms with Gasteiger partial charge in [-0.2, -0.15) is 0 Å². The van der Waals surface area contributed by atoms with Gasteiger partial charge in [0.05, 0.1) is 18.3 Å². The monoisotopic (exact) mass is 242 g/mol. The number of carbonyl (C=O) groups excluding carboxylic acids is 2. The van der Waals surface area contributed by atoms with E-state index >= 15 is 0 Å². The molecule has 88 valence electrons. The molecule has 1 N–H and O–H groups in total. The zero-order valence-electron chi connectivity index (χ0n) is 9.66. The normalized spacial score (nSPS) is 11.0. The van der Waals surface area contributed by atoms with Crippen LogP contribution in [0, 0.1) is 6.92 Å². The molecule has 16 heavy (non-hydrogen) atoms. The third-order valence-electron chi connectivity index (χ3n) is 1.97. The van der Waals surface area contributed by atoms with Crippen LogP contribution in [0.25, 0.3) is 0 Å². The van der Waals surface area contributed by atoms with E-state index in [1.165, 1.54) is 24.6 Å². The molecule has 0 aromatic carbocycles. The maximum Gasteiger partial charge on any atom is 0.330 e. The van der Waals surface area contributed by atoms with Gasteiger partial charge in [0.15, 0.2) is 0 Å². The number of esters is 1. The molecule has 0 atom stereocenters. The molecule has 0 unspecified atom stereocenters. The Hall–Kier alpha value is -1.43. The summed E-state index contributed by atoms with van der Waals surface area (Å²) < 4.78 is 4.59. The average Bonchev–Trinajstić information content (AvgIpc) is 2.63. The number of aryl methyl sites for hydroxylation is 1. The first-order chi connectivity index (χ1) is 7.36. The van der Waals surface area contributed by atoms with Crippen LogP contribution in [0.5, 0.6) is 0 Å². The van der Waals surface area contributed by atoms with E-state index in [9.17, 15) is 9.59 Å². The lowest BCUT2D eigenvalue weighted by molar-refractivity contribution is -0.146. The first-order valence-corrected chi connectivity index (χ1v) is 5.52. The molecule has 1 aromatic rings. The summed E-state index contributed by atoms with van der Waals surface area (Å²) in [5.74, 6) is -0.803. The van der Waals surface area contributed by atoms with E-state index in [4.69, 9.17) is 0 Å². The maximum atomic E-state index is 11.7. The molecule has 0 saturated carbocycles. The van der Waals surface area contributed by atoms with Gasteiger partial charge in [-0.15, -0.1) is 11.3 Å². The van der Waals surface area contributed by atoms with Crippen molar-refractivity contribution in [1.82, 2.24) is 10.3 Å². The summed E-state index contributed by atoms with van der Waals surface area (Å²) in [4.78, 5) is 27.6. The zero-order chi connectivity index (χ0) is 12.3. The molecular weight excluding hydrogens is 228 g/mol. The van der Waals surface area contributed by atoms with Crippen molar-refractivity contribution < 1.29 is 14.3 Å². The molecule has 1 aromatic heterocycles. The summed E-state index contributed by atoms with van der Waals surface area (Å²) in [6.45, 7) is 4.99. The Morgan fingerprint density at radius 3 is 2.56 bits per heavy atom. The Kier molecular flexibility index (Phi) is 3.64. The van der Waals surface area contributed by atoms with E-state index in [2.05, 4.69) is 15.0 Å². The van der Waals surface area contributed by atoms with E-state index in [-0.39, 0.29) is 5.91 Å². The van der Waals surface area contributed by atoms with Crippen LogP contribution in [0.2, 0.25) is 0 Å². The van der Waals surface area contributed by atoms with Crippen LogP contribution in [-0.4, -0.2) is 29.5 Å². The predicted octanol–water partition coefficient (Wildman–Crippen LogP) is 1.13. The molecular formula is C10H14N2O3S. The number of hydrogen-bond acceptors (Lipinski definition) is 5. The smallest absolute Gasteiger partial charge is 0.330 e. The minimum atomic E-state index is -1.04. The molecule has 0 bridgehead atoms. The lowest BCUT2D eigenvalue weighted by Crippen LogP contribution is -2.50. The molecule has 6 heteroatoms. The summed E-state index contributed by atoms with van der Waals surface area (Å²) in [5.41, 5.74) is -1.04. The largest absolute Gasteiger partial charge is 0.467 e. The molecule has 1 amide bonds. The highest BCUT2D eigenvalue weighted by atomic mass is 32.1. The second kappa shape index (κ2) is 4.61. The predicted molar refractivity (Wildman–Crippen MR) is 60.4 cm³/mol. The van der Waals surface area contributed by atoms with Crippen molar-refractivity contribution in [2.24, 2.45) is 0 Å². The Morgan fingerprint density at radius 2 is 2.12 bits per heavy atom. The van der Waals surface area contributed by atoms with E-state index in [1.807, 2.05) is 6.92 Å². The van der Waals surface area contributed by atoms with Gasteiger partial charge in [0, 0.05) is 0 Å². The minimum Gasteiger partial charge on any atom is -0.467 e. The second-order valence-electron chi connectivity index (χ2n) is 3.81. The highest BCUT2D eigenvalue weighted by Gasteiger charge is 2.31. The zero-order valence-corrected chi connectivity index (χ0v) is 10.5. The highest BCUT2D eigenvalue weighted by Crippen LogP contribution is 2.13. The molecule has 0 aliphatic carbocycles. The first kappa shape index (κ1) is 12.6. The number of thiazole rings is 1. The maximum absolute atomic E-state index is 11.7. The highest BCUT2D eigenvalue weighted by molar-refractivity contribution is 7.13. The molecule has 0 saturated heterocycles. The molecule has 0 aliphatic heterocycles. The molecule has 0 radical (unpaired) electrons. The average molecular weight is 242 g/mol.